The average Bonchev–Trinajstić information content (AvgIpc) is 2.47. The van der Waals surface area contributed by atoms with Crippen LogP contribution in [0.4, 0.5) is 5.69 Å². The first-order valence-corrected chi connectivity index (χ1v) is 7.15. The molecule has 108 valence electrons. The fraction of sp³-hybridized carbons (Fsp3) is 0.533. The number of carbonyl (C=O) groups excluding carboxylic acids is 1. The normalized spacial score (nSPS) is 32.0. The number of rotatable bonds is 3. The molecule has 1 amide bonds. The van der Waals surface area contributed by atoms with Crippen molar-refractivity contribution in [2.45, 2.75) is 18.4 Å². The summed E-state index contributed by atoms with van der Waals surface area (Å²) in [6.07, 6.45) is 2.04. The Morgan fingerprint density at radius 3 is 2.55 bits per heavy atom. The Morgan fingerprint density at radius 1 is 1.35 bits per heavy atom. The minimum atomic E-state index is -0.778. The van der Waals surface area contributed by atoms with Crippen LogP contribution in [0.5, 0.6) is 0 Å². The summed E-state index contributed by atoms with van der Waals surface area (Å²) in [6, 6.07) is 6.81. The SMILES string of the molecule is Nc1ccc(C(=O)NCC2(O)CN3CCC2CC3)cc1. The van der Waals surface area contributed by atoms with Crippen LogP contribution in [0, 0.1) is 5.92 Å². The molecule has 1 atom stereocenters. The smallest absolute Gasteiger partial charge is 0.251 e. The van der Waals surface area contributed by atoms with Crippen molar-refractivity contribution >= 4 is 11.6 Å². The Morgan fingerprint density at radius 2 is 2.00 bits per heavy atom. The first-order chi connectivity index (χ1) is 9.57. The van der Waals surface area contributed by atoms with E-state index in [1.165, 1.54) is 0 Å². The molecule has 0 saturated carbocycles. The summed E-state index contributed by atoms with van der Waals surface area (Å²) >= 11 is 0. The fourth-order valence-corrected chi connectivity index (χ4v) is 3.31. The Balaban J connectivity index is 1.61. The van der Waals surface area contributed by atoms with Crippen LogP contribution in [0.1, 0.15) is 23.2 Å². The van der Waals surface area contributed by atoms with Crippen LogP contribution in [0.25, 0.3) is 0 Å². The van der Waals surface area contributed by atoms with Gasteiger partial charge in [-0.15, -0.1) is 0 Å². The number of nitrogens with zero attached hydrogens (tertiary/aromatic N) is 1. The van der Waals surface area contributed by atoms with E-state index in [0.29, 0.717) is 30.3 Å². The number of aliphatic hydroxyl groups is 1. The van der Waals surface area contributed by atoms with Crippen LogP contribution in [-0.4, -0.2) is 47.7 Å². The average molecular weight is 275 g/mol. The van der Waals surface area contributed by atoms with Gasteiger partial charge in [0.1, 0.15) is 0 Å². The van der Waals surface area contributed by atoms with Crippen molar-refractivity contribution in [2.24, 2.45) is 5.92 Å². The molecule has 1 unspecified atom stereocenters. The molecule has 5 heteroatoms. The predicted molar refractivity (Wildman–Crippen MR) is 77.3 cm³/mol. The van der Waals surface area contributed by atoms with Gasteiger partial charge in [0, 0.05) is 24.3 Å². The lowest BCUT2D eigenvalue weighted by atomic mass is 9.75. The monoisotopic (exact) mass is 275 g/mol. The van der Waals surface area contributed by atoms with Crippen molar-refractivity contribution in [2.75, 3.05) is 31.9 Å². The lowest BCUT2D eigenvalue weighted by Gasteiger charge is -2.50. The third-order valence-corrected chi connectivity index (χ3v) is 4.57. The van der Waals surface area contributed by atoms with Gasteiger partial charge in [0.05, 0.1) is 5.60 Å². The molecule has 4 rings (SSSR count). The zero-order valence-electron chi connectivity index (χ0n) is 11.5. The summed E-state index contributed by atoms with van der Waals surface area (Å²) in [5.41, 5.74) is 6.03. The molecule has 0 radical (unpaired) electrons. The number of benzene rings is 1. The van der Waals surface area contributed by atoms with E-state index < -0.39 is 5.60 Å². The largest absolute Gasteiger partial charge is 0.399 e. The van der Waals surface area contributed by atoms with Gasteiger partial charge in [-0.3, -0.25) is 4.79 Å². The summed E-state index contributed by atoms with van der Waals surface area (Å²) in [5, 5.41) is 13.6. The van der Waals surface area contributed by atoms with Crippen LogP contribution in [0.2, 0.25) is 0 Å². The quantitative estimate of drug-likeness (QED) is 0.700. The number of anilines is 1. The number of nitrogen functional groups attached to an aromatic ring is 1. The second-order valence-electron chi connectivity index (χ2n) is 5.96. The number of piperidine rings is 3. The fourth-order valence-electron chi connectivity index (χ4n) is 3.31. The number of carbonyl (C=O) groups is 1. The van der Waals surface area contributed by atoms with E-state index in [4.69, 9.17) is 5.73 Å². The number of amides is 1. The van der Waals surface area contributed by atoms with Crippen LogP contribution >= 0.6 is 0 Å². The lowest BCUT2D eigenvalue weighted by molar-refractivity contribution is -0.108. The van der Waals surface area contributed by atoms with E-state index in [1.54, 1.807) is 24.3 Å². The molecule has 3 saturated heterocycles. The molecule has 20 heavy (non-hydrogen) atoms. The molecule has 3 fully saturated rings. The Bertz CT molecular complexity index is 494. The van der Waals surface area contributed by atoms with E-state index in [-0.39, 0.29) is 5.91 Å². The Kier molecular flexibility index (Phi) is 3.40. The van der Waals surface area contributed by atoms with Crippen molar-refractivity contribution in [3.8, 4) is 0 Å². The van der Waals surface area contributed by atoms with Gasteiger partial charge in [-0.05, 0) is 56.1 Å². The van der Waals surface area contributed by atoms with Crippen molar-refractivity contribution < 1.29 is 9.90 Å². The van der Waals surface area contributed by atoms with E-state index in [0.717, 1.165) is 25.9 Å². The van der Waals surface area contributed by atoms with Crippen LogP contribution in [-0.2, 0) is 0 Å². The molecule has 5 nitrogen and oxygen atoms in total. The zero-order valence-corrected chi connectivity index (χ0v) is 11.5. The Labute approximate surface area is 118 Å². The minimum absolute atomic E-state index is 0.158. The zero-order chi connectivity index (χ0) is 14.2. The van der Waals surface area contributed by atoms with Gasteiger partial charge in [-0.25, -0.2) is 0 Å². The highest BCUT2D eigenvalue weighted by Crippen LogP contribution is 2.35. The Hall–Kier alpha value is -1.59. The molecule has 0 aliphatic carbocycles. The van der Waals surface area contributed by atoms with Gasteiger partial charge in [-0.2, -0.15) is 0 Å². The topological polar surface area (TPSA) is 78.6 Å². The van der Waals surface area contributed by atoms with Crippen molar-refractivity contribution in [3.05, 3.63) is 29.8 Å². The van der Waals surface area contributed by atoms with E-state index in [2.05, 4.69) is 10.2 Å². The summed E-state index contributed by atoms with van der Waals surface area (Å²) in [6.45, 7) is 3.12. The molecule has 3 aliphatic heterocycles. The maximum atomic E-state index is 12.1. The minimum Gasteiger partial charge on any atom is -0.399 e. The maximum absolute atomic E-state index is 12.1. The van der Waals surface area contributed by atoms with Crippen LogP contribution in [0.3, 0.4) is 0 Å². The second kappa shape index (κ2) is 5.07. The molecule has 0 spiro atoms. The molecular weight excluding hydrogens is 254 g/mol. The van der Waals surface area contributed by atoms with Crippen molar-refractivity contribution in [1.82, 2.24) is 10.2 Å². The first-order valence-electron chi connectivity index (χ1n) is 7.15. The van der Waals surface area contributed by atoms with E-state index >= 15 is 0 Å². The highest BCUT2D eigenvalue weighted by atomic mass is 16.3. The number of fused-ring (bicyclic) bond motifs is 3. The third-order valence-electron chi connectivity index (χ3n) is 4.57. The number of hydrogen-bond acceptors (Lipinski definition) is 4. The van der Waals surface area contributed by atoms with E-state index in [1.807, 2.05) is 0 Å². The third kappa shape index (κ3) is 2.51. The maximum Gasteiger partial charge on any atom is 0.251 e. The molecular formula is C15H21N3O2. The molecule has 3 heterocycles. The molecule has 0 aromatic heterocycles. The van der Waals surface area contributed by atoms with Gasteiger partial charge >= 0.3 is 0 Å². The van der Waals surface area contributed by atoms with Gasteiger partial charge < -0.3 is 21.1 Å². The summed E-state index contributed by atoms with van der Waals surface area (Å²) in [7, 11) is 0. The van der Waals surface area contributed by atoms with E-state index in [9.17, 15) is 9.90 Å². The molecule has 1 aromatic rings. The lowest BCUT2D eigenvalue weighted by Crippen LogP contribution is -2.63. The second-order valence-corrected chi connectivity index (χ2v) is 5.96. The summed E-state index contributed by atoms with van der Waals surface area (Å²) in [4.78, 5) is 14.3. The highest BCUT2D eigenvalue weighted by molar-refractivity contribution is 5.94. The molecule has 4 N–H and O–H groups in total. The van der Waals surface area contributed by atoms with Crippen molar-refractivity contribution in [3.63, 3.8) is 0 Å². The van der Waals surface area contributed by atoms with Crippen LogP contribution in [0.15, 0.2) is 24.3 Å². The van der Waals surface area contributed by atoms with Crippen LogP contribution < -0.4 is 11.1 Å². The summed E-state index contributed by atoms with van der Waals surface area (Å²) < 4.78 is 0. The van der Waals surface area contributed by atoms with Crippen molar-refractivity contribution in [1.29, 1.82) is 0 Å². The standard InChI is InChI=1S/C15H21N3O2/c16-13-3-1-11(2-4-13)14(19)17-9-15(20)10-18-7-5-12(15)6-8-18/h1-4,12,20H,5-10,16H2,(H,17,19). The number of nitrogens with two attached hydrogens (primary N) is 1. The molecule has 2 bridgehead atoms. The van der Waals surface area contributed by atoms with Gasteiger partial charge in [0.25, 0.3) is 5.91 Å². The summed E-state index contributed by atoms with van der Waals surface area (Å²) in [5.74, 6) is 0.147. The predicted octanol–water partition coefficient (Wildman–Crippen LogP) is 0.455. The molecule has 3 aliphatic rings. The number of hydrogen-bond donors (Lipinski definition) is 3. The van der Waals surface area contributed by atoms with Gasteiger partial charge in [0.15, 0.2) is 0 Å². The van der Waals surface area contributed by atoms with Gasteiger partial charge in [-0.1, -0.05) is 0 Å². The number of nitrogens with one attached hydrogen (secondary N) is 1. The van der Waals surface area contributed by atoms with Gasteiger partial charge in [0.2, 0.25) is 0 Å². The highest BCUT2D eigenvalue weighted by Gasteiger charge is 2.45. The first kappa shape index (κ1) is 13.4. The molecule has 1 aromatic carbocycles.